The molecule has 1 amide bonds. The largest absolute Gasteiger partial charge is 0.328 e. The quantitative estimate of drug-likeness (QED) is 0.747. The Morgan fingerprint density at radius 1 is 1.09 bits per heavy atom. The predicted molar refractivity (Wildman–Crippen MR) is 83.8 cm³/mol. The first-order valence-corrected chi connectivity index (χ1v) is 6.93. The molecule has 1 N–H and O–H groups in total. The Morgan fingerprint density at radius 3 is 2.86 bits per heavy atom. The van der Waals surface area contributed by atoms with E-state index in [0.29, 0.717) is 11.4 Å². The van der Waals surface area contributed by atoms with E-state index in [0.717, 1.165) is 16.6 Å². The van der Waals surface area contributed by atoms with Crippen molar-refractivity contribution in [1.82, 2.24) is 4.98 Å². The van der Waals surface area contributed by atoms with Gasteiger partial charge < -0.3 is 10.2 Å². The van der Waals surface area contributed by atoms with Gasteiger partial charge in [0.25, 0.3) is 0 Å². The number of fused-ring (bicyclic) bond motifs is 2. The van der Waals surface area contributed by atoms with Crippen LogP contribution < -0.4 is 10.2 Å². The van der Waals surface area contributed by atoms with E-state index in [2.05, 4.69) is 10.3 Å². The zero-order chi connectivity index (χ0) is 15.1. The van der Waals surface area contributed by atoms with Gasteiger partial charge in [-0.25, -0.2) is 4.39 Å². The molecule has 0 aliphatic carbocycles. The van der Waals surface area contributed by atoms with Crippen LogP contribution in [0.1, 0.15) is 0 Å². The van der Waals surface area contributed by atoms with E-state index in [4.69, 9.17) is 0 Å². The molecule has 0 atom stereocenters. The van der Waals surface area contributed by atoms with Crippen molar-refractivity contribution in [2.75, 3.05) is 16.8 Å². The number of anilines is 3. The average molecular weight is 293 g/mol. The molecule has 22 heavy (non-hydrogen) atoms. The van der Waals surface area contributed by atoms with Crippen molar-refractivity contribution in [3.05, 3.63) is 60.5 Å². The lowest BCUT2D eigenvalue weighted by molar-refractivity contribution is -0.115. The Labute approximate surface area is 126 Å². The van der Waals surface area contributed by atoms with Crippen molar-refractivity contribution < 1.29 is 9.18 Å². The third kappa shape index (κ3) is 1.98. The maximum atomic E-state index is 13.6. The molecule has 2 aromatic carbocycles. The first-order chi connectivity index (χ1) is 10.7. The van der Waals surface area contributed by atoms with E-state index >= 15 is 0 Å². The van der Waals surface area contributed by atoms with Gasteiger partial charge in [0.1, 0.15) is 12.4 Å². The first kappa shape index (κ1) is 12.8. The number of nitrogens with one attached hydrogen (secondary N) is 1. The summed E-state index contributed by atoms with van der Waals surface area (Å²) in [5.74, 6) is -0.472. The van der Waals surface area contributed by atoms with Gasteiger partial charge in [0.2, 0.25) is 5.91 Å². The molecule has 0 spiro atoms. The van der Waals surface area contributed by atoms with Crippen molar-refractivity contribution in [2.24, 2.45) is 0 Å². The van der Waals surface area contributed by atoms with Gasteiger partial charge in [0, 0.05) is 11.6 Å². The van der Waals surface area contributed by atoms with Gasteiger partial charge in [-0.3, -0.25) is 9.78 Å². The second-order valence-electron chi connectivity index (χ2n) is 5.15. The lowest BCUT2D eigenvalue weighted by atomic mass is 10.1. The number of carbonyl (C=O) groups excluding carboxylic acids is 1. The summed E-state index contributed by atoms with van der Waals surface area (Å²) < 4.78 is 13.6. The van der Waals surface area contributed by atoms with Crippen molar-refractivity contribution >= 4 is 33.9 Å². The summed E-state index contributed by atoms with van der Waals surface area (Å²) in [7, 11) is 0. The molecule has 108 valence electrons. The van der Waals surface area contributed by atoms with Gasteiger partial charge in [-0.1, -0.05) is 18.2 Å². The fraction of sp³-hybridized carbons (Fsp3) is 0.0588. The molecular formula is C17H12FN3O. The molecule has 0 saturated carbocycles. The Morgan fingerprint density at radius 2 is 1.95 bits per heavy atom. The van der Waals surface area contributed by atoms with Crippen molar-refractivity contribution in [1.29, 1.82) is 0 Å². The van der Waals surface area contributed by atoms with Crippen molar-refractivity contribution in [3.63, 3.8) is 0 Å². The number of amides is 1. The van der Waals surface area contributed by atoms with E-state index in [-0.39, 0.29) is 18.3 Å². The van der Waals surface area contributed by atoms with Gasteiger partial charge in [-0.15, -0.1) is 0 Å². The summed E-state index contributed by atoms with van der Waals surface area (Å²) in [4.78, 5) is 18.2. The predicted octanol–water partition coefficient (Wildman–Crippen LogP) is 3.46. The average Bonchev–Trinajstić information content (AvgIpc) is 2.54. The second-order valence-corrected chi connectivity index (χ2v) is 5.15. The van der Waals surface area contributed by atoms with Crippen molar-refractivity contribution in [2.45, 2.75) is 0 Å². The monoisotopic (exact) mass is 293 g/mol. The molecule has 0 radical (unpaired) electrons. The van der Waals surface area contributed by atoms with E-state index in [1.807, 2.05) is 30.3 Å². The van der Waals surface area contributed by atoms with Crippen LogP contribution in [0.15, 0.2) is 54.7 Å². The van der Waals surface area contributed by atoms with Crippen LogP contribution in [0.5, 0.6) is 0 Å². The van der Waals surface area contributed by atoms with Crippen LogP contribution in [0.2, 0.25) is 0 Å². The molecule has 1 aliphatic heterocycles. The number of para-hydroxylation sites is 1. The topological polar surface area (TPSA) is 45.2 Å². The highest BCUT2D eigenvalue weighted by Gasteiger charge is 2.25. The zero-order valence-electron chi connectivity index (χ0n) is 11.6. The number of benzene rings is 2. The zero-order valence-corrected chi connectivity index (χ0v) is 11.6. The van der Waals surface area contributed by atoms with Crippen LogP contribution in [-0.2, 0) is 4.79 Å². The fourth-order valence-corrected chi connectivity index (χ4v) is 2.77. The molecule has 1 aromatic heterocycles. The maximum Gasteiger partial charge on any atom is 0.244 e. The third-order valence-corrected chi connectivity index (χ3v) is 3.73. The van der Waals surface area contributed by atoms with Crippen LogP contribution >= 0.6 is 0 Å². The maximum absolute atomic E-state index is 13.6. The van der Waals surface area contributed by atoms with E-state index < -0.39 is 0 Å². The highest BCUT2D eigenvalue weighted by atomic mass is 19.1. The highest BCUT2D eigenvalue weighted by molar-refractivity contribution is 6.05. The molecule has 3 aromatic rings. The minimum Gasteiger partial charge on any atom is -0.328 e. The highest BCUT2D eigenvalue weighted by Crippen LogP contribution is 2.37. The number of nitrogens with zero attached hydrogens (tertiary/aromatic N) is 2. The van der Waals surface area contributed by atoms with Crippen LogP contribution in [0.25, 0.3) is 10.9 Å². The Hall–Kier alpha value is -2.95. The molecule has 2 heterocycles. The van der Waals surface area contributed by atoms with E-state index in [9.17, 15) is 9.18 Å². The standard InChI is InChI=1S/C17H12FN3O/c18-12-6-7-13-15(9-12)21(10-16(22)20-13)14-5-1-3-11-4-2-8-19-17(11)14/h1-9H,10H2,(H,20,22). The Balaban J connectivity index is 1.96. The van der Waals surface area contributed by atoms with Gasteiger partial charge in [-0.05, 0) is 30.3 Å². The van der Waals surface area contributed by atoms with E-state index in [1.54, 1.807) is 17.2 Å². The van der Waals surface area contributed by atoms with Crippen molar-refractivity contribution in [3.8, 4) is 0 Å². The molecule has 0 unspecified atom stereocenters. The summed E-state index contributed by atoms with van der Waals surface area (Å²) in [6.45, 7) is 0.131. The molecule has 0 bridgehead atoms. The minimum absolute atomic E-state index is 0.131. The molecule has 5 heteroatoms. The summed E-state index contributed by atoms with van der Waals surface area (Å²) in [6, 6.07) is 13.9. The lowest BCUT2D eigenvalue weighted by Gasteiger charge is -2.31. The molecule has 1 aliphatic rings. The number of aromatic nitrogens is 1. The fourth-order valence-electron chi connectivity index (χ4n) is 2.77. The molecule has 4 nitrogen and oxygen atoms in total. The Kier molecular flexibility index (Phi) is 2.79. The number of hydrogen-bond donors (Lipinski definition) is 1. The molecule has 0 saturated heterocycles. The Bertz CT molecular complexity index is 889. The summed E-state index contributed by atoms with van der Waals surface area (Å²) in [5, 5.41) is 3.74. The van der Waals surface area contributed by atoms with Crippen LogP contribution in [0, 0.1) is 5.82 Å². The van der Waals surface area contributed by atoms with Crippen LogP contribution in [-0.4, -0.2) is 17.4 Å². The number of carbonyl (C=O) groups is 1. The normalized spacial score (nSPS) is 13.9. The third-order valence-electron chi connectivity index (χ3n) is 3.73. The molecule has 0 fully saturated rings. The SMILES string of the molecule is O=C1CN(c2cccc3cccnc23)c2cc(F)ccc2N1. The second kappa shape index (κ2) is 4.80. The van der Waals surface area contributed by atoms with Gasteiger partial charge in [0.05, 0.1) is 22.6 Å². The molecular weight excluding hydrogens is 281 g/mol. The van der Waals surface area contributed by atoms with Crippen LogP contribution in [0.4, 0.5) is 21.5 Å². The number of pyridine rings is 1. The first-order valence-electron chi connectivity index (χ1n) is 6.93. The van der Waals surface area contributed by atoms with Gasteiger partial charge in [-0.2, -0.15) is 0 Å². The van der Waals surface area contributed by atoms with Crippen LogP contribution in [0.3, 0.4) is 0 Å². The number of hydrogen-bond acceptors (Lipinski definition) is 3. The number of rotatable bonds is 1. The number of halogens is 1. The summed E-state index contributed by atoms with van der Waals surface area (Å²) in [5.41, 5.74) is 2.82. The summed E-state index contributed by atoms with van der Waals surface area (Å²) in [6.07, 6.45) is 1.71. The lowest BCUT2D eigenvalue weighted by Crippen LogP contribution is -2.35. The molecule has 4 rings (SSSR count). The summed E-state index contributed by atoms with van der Waals surface area (Å²) >= 11 is 0. The van der Waals surface area contributed by atoms with Gasteiger partial charge in [0.15, 0.2) is 0 Å². The smallest absolute Gasteiger partial charge is 0.244 e. The minimum atomic E-state index is -0.340. The van der Waals surface area contributed by atoms with Gasteiger partial charge >= 0.3 is 0 Å². The van der Waals surface area contributed by atoms with E-state index in [1.165, 1.54) is 12.1 Å².